The van der Waals surface area contributed by atoms with Crippen LogP contribution in [-0.2, 0) is 10.0 Å². The maximum atomic E-state index is 12.5. The summed E-state index contributed by atoms with van der Waals surface area (Å²) in [6.45, 7) is 4.11. The molecule has 7 nitrogen and oxygen atoms in total. The Morgan fingerprint density at radius 2 is 2.00 bits per heavy atom. The van der Waals surface area contributed by atoms with E-state index in [4.69, 9.17) is 5.73 Å². The van der Waals surface area contributed by atoms with Crippen molar-refractivity contribution in [1.29, 1.82) is 0 Å². The Morgan fingerprint density at radius 1 is 1.38 bits per heavy atom. The number of non-ortho nitro benzene ring substituents is 1. The van der Waals surface area contributed by atoms with E-state index in [0.717, 1.165) is 0 Å². The van der Waals surface area contributed by atoms with Crippen molar-refractivity contribution in [3.05, 3.63) is 33.9 Å². The molecule has 1 saturated heterocycles. The quantitative estimate of drug-likeness (QED) is 0.661. The number of nitrogens with zero attached hydrogens (tertiary/aromatic N) is 2. The molecule has 0 radical (unpaired) electrons. The number of sulfonamides is 1. The number of rotatable bonds is 3. The molecule has 1 aromatic carbocycles. The molecule has 1 fully saturated rings. The summed E-state index contributed by atoms with van der Waals surface area (Å²) in [5.74, 6) is 0.100. The highest BCUT2D eigenvalue weighted by Gasteiger charge is 2.36. The van der Waals surface area contributed by atoms with Crippen LogP contribution in [0, 0.1) is 23.0 Å². The van der Waals surface area contributed by atoms with Crippen molar-refractivity contribution >= 4 is 28.1 Å². The SMILES string of the molecule is Cc1cc([N+](=O)[O-])ccc1S(=O)(=O)N1CC(C)C(N)C1.Cl. The van der Waals surface area contributed by atoms with Gasteiger partial charge in [0.2, 0.25) is 10.0 Å². The zero-order valence-corrected chi connectivity index (χ0v) is 13.4. The molecule has 0 amide bonds. The Hall–Kier alpha value is -1.22. The second-order valence-electron chi connectivity index (χ2n) is 5.17. The zero-order chi connectivity index (χ0) is 15.1. The van der Waals surface area contributed by atoms with Crippen molar-refractivity contribution in [2.24, 2.45) is 11.7 Å². The molecule has 2 unspecified atom stereocenters. The van der Waals surface area contributed by atoms with Gasteiger partial charge in [-0.2, -0.15) is 4.31 Å². The first-order valence-corrected chi connectivity index (χ1v) is 7.68. The molecular formula is C12H18ClN3O4S. The number of hydrogen-bond donors (Lipinski definition) is 1. The lowest BCUT2D eigenvalue weighted by atomic mass is 10.1. The van der Waals surface area contributed by atoms with Gasteiger partial charge in [-0.15, -0.1) is 12.4 Å². The van der Waals surface area contributed by atoms with Crippen LogP contribution in [0.15, 0.2) is 23.1 Å². The van der Waals surface area contributed by atoms with Crippen molar-refractivity contribution in [3.63, 3.8) is 0 Å². The summed E-state index contributed by atoms with van der Waals surface area (Å²) in [6, 6.07) is 3.59. The summed E-state index contributed by atoms with van der Waals surface area (Å²) < 4.78 is 26.4. The molecule has 2 N–H and O–H groups in total. The van der Waals surface area contributed by atoms with E-state index in [-0.39, 0.29) is 41.5 Å². The van der Waals surface area contributed by atoms with Crippen LogP contribution in [0.4, 0.5) is 5.69 Å². The van der Waals surface area contributed by atoms with Gasteiger partial charge in [0.15, 0.2) is 0 Å². The van der Waals surface area contributed by atoms with Gasteiger partial charge >= 0.3 is 0 Å². The first kappa shape index (κ1) is 17.8. The van der Waals surface area contributed by atoms with Crippen LogP contribution in [0.3, 0.4) is 0 Å². The second-order valence-corrected chi connectivity index (χ2v) is 7.08. The van der Waals surface area contributed by atoms with Crippen molar-refractivity contribution in [3.8, 4) is 0 Å². The summed E-state index contributed by atoms with van der Waals surface area (Å²) in [4.78, 5) is 10.2. The summed E-state index contributed by atoms with van der Waals surface area (Å²) in [7, 11) is -3.65. The Morgan fingerprint density at radius 3 is 2.43 bits per heavy atom. The summed E-state index contributed by atoms with van der Waals surface area (Å²) in [5, 5.41) is 10.7. The van der Waals surface area contributed by atoms with Crippen LogP contribution in [0.1, 0.15) is 12.5 Å². The van der Waals surface area contributed by atoms with Crippen LogP contribution >= 0.6 is 12.4 Å². The van der Waals surface area contributed by atoms with Crippen LogP contribution < -0.4 is 5.73 Å². The molecule has 1 heterocycles. The smallest absolute Gasteiger partial charge is 0.269 e. The van der Waals surface area contributed by atoms with E-state index in [2.05, 4.69) is 0 Å². The highest BCUT2D eigenvalue weighted by atomic mass is 35.5. The average Bonchev–Trinajstić information content (AvgIpc) is 2.69. The van der Waals surface area contributed by atoms with Gasteiger partial charge in [0, 0.05) is 31.3 Å². The second kappa shape index (κ2) is 6.27. The molecule has 1 aliphatic rings. The lowest BCUT2D eigenvalue weighted by Crippen LogP contribution is -2.32. The molecule has 0 saturated carbocycles. The van der Waals surface area contributed by atoms with E-state index in [1.54, 1.807) is 6.92 Å². The van der Waals surface area contributed by atoms with Gasteiger partial charge in [-0.05, 0) is 24.5 Å². The van der Waals surface area contributed by atoms with Crippen LogP contribution in [0.25, 0.3) is 0 Å². The van der Waals surface area contributed by atoms with E-state index in [1.165, 1.54) is 22.5 Å². The van der Waals surface area contributed by atoms with E-state index in [1.807, 2.05) is 6.92 Å². The topological polar surface area (TPSA) is 107 Å². The van der Waals surface area contributed by atoms with Gasteiger partial charge in [0.05, 0.1) is 9.82 Å². The molecule has 0 bridgehead atoms. The summed E-state index contributed by atoms with van der Waals surface area (Å²) in [6.07, 6.45) is 0. The average molecular weight is 336 g/mol. The number of nitro groups is 1. The molecule has 9 heteroatoms. The number of benzene rings is 1. The Balaban J connectivity index is 0.00000220. The number of aryl methyl sites for hydroxylation is 1. The standard InChI is InChI=1S/C12H17N3O4S.ClH/c1-8-5-10(15(16)17)3-4-12(8)20(18,19)14-6-9(2)11(13)7-14;/h3-5,9,11H,6-7,13H2,1-2H3;1H. The van der Waals surface area contributed by atoms with E-state index < -0.39 is 14.9 Å². The van der Waals surface area contributed by atoms with E-state index >= 15 is 0 Å². The first-order valence-electron chi connectivity index (χ1n) is 6.24. The van der Waals surface area contributed by atoms with Gasteiger partial charge < -0.3 is 5.73 Å². The third kappa shape index (κ3) is 3.34. The molecule has 0 aromatic heterocycles. The lowest BCUT2D eigenvalue weighted by Gasteiger charge is -2.17. The van der Waals surface area contributed by atoms with Crippen LogP contribution in [0.2, 0.25) is 0 Å². The molecule has 2 atom stereocenters. The molecule has 1 aromatic rings. The predicted molar refractivity (Wildman–Crippen MR) is 81.0 cm³/mol. The van der Waals surface area contributed by atoms with Crippen LogP contribution in [0.5, 0.6) is 0 Å². The number of hydrogen-bond acceptors (Lipinski definition) is 5. The largest absolute Gasteiger partial charge is 0.326 e. The fourth-order valence-electron chi connectivity index (χ4n) is 2.32. The minimum absolute atomic E-state index is 0. The van der Waals surface area contributed by atoms with Gasteiger partial charge in [0.25, 0.3) is 5.69 Å². The van der Waals surface area contributed by atoms with Crippen molar-refractivity contribution < 1.29 is 13.3 Å². The molecule has 0 spiro atoms. The van der Waals surface area contributed by atoms with Crippen LogP contribution in [-0.4, -0.2) is 36.8 Å². The molecule has 21 heavy (non-hydrogen) atoms. The predicted octanol–water partition coefficient (Wildman–Crippen LogP) is 1.29. The maximum absolute atomic E-state index is 12.5. The third-order valence-electron chi connectivity index (χ3n) is 3.62. The van der Waals surface area contributed by atoms with Crippen molar-refractivity contribution in [2.45, 2.75) is 24.8 Å². The highest BCUT2D eigenvalue weighted by molar-refractivity contribution is 7.89. The van der Waals surface area contributed by atoms with E-state index in [0.29, 0.717) is 12.1 Å². The van der Waals surface area contributed by atoms with Gasteiger partial charge in [-0.3, -0.25) is 10.1 Å². The Bertz CT molecular complexity index is 640. The van der Waals surface area contributed by atoms with E-state index in [9.17, 15) is 18.5 Å². The first-order chi connectivity index (χ1) is 9.23. The minimum Gasteiger partial charge on any atom is -0.326 e. The maximum Gasteiger partial charge on any atom is 0.269 e. The molecule has 0 aliphatic carbocycles. The molecule has 118 valence electrons. The lowest BCUT2D eigenvalue weighted by molar-refractivity contribution is -0.385. The zero-order valence-electron chi connectivity index (χ0n) is 11.7. The number of halogens is 1. The Kier molecular flexibility index (Phi) is 5.32. The third-order valence-corrected chi connectivity index (χ3v) is 5.62. The summed E-state index contributed by atoms with van der Waals surface area (Å²) in [5.41, 5.74) is 6.10. The van der Waals surface area contributed by atoms with Gasteiger partial charge in [-0.1, -0.05) is 6.92 Å². The molecule has 1 aliphatic heterocycles. The number of nitro benzene ring substituents is 1. The van der Waals surface area contributed by atoms with Gasteiger partial charge in [-0.25, -0.2) is 8.42 Å². The Labute approximate surface area is 129 Å². The molecular weight excluding hydrogens is 318 g/mol. The van der Waals surface area contributed by atoms with Gasteiger partial charge in [0.1, 0.15) is 0 Å². The highest BCUT2D eigenvalue weighted by Crippen LogP contribution is 2.27. The summed E-state index contributed by atoms with van der Waals surface area (Å²) >= 11 is 0. The number of nitrogens with two attached hydrogens (primary N) is 1. The van der Waals surface area contributed by atoms with Crippen molar-refractivity contribution in [1.82, 2.24) is 4.31 Å². The van der Waals surface area contributed by atoms with Crippen molar-refractivity contribution in [2.75, 3.05) is 13.1 Å². The minimum atomic E-state index is -3.65. The molecule has 2 rings (SSSR count). The monoisotopic (exact) mass is 335 g/mol. The normalized spacial score (nSPS) is 22.8. The fraction of sp³-hybridized carbons (Fsp3) is 0.500. The fourth-order valence-corrected chi connectivity index (χ4v) is 4.10.